The lowest BCUT2D eigenvalue weighted by Crippen LogP contribution is -2.29. The highest BCUT2D eigenvalue weighted by Crippen LogP contribution is 2.35. The van der Waals surface area contributed by atoms with Gasteiger partial charge in [0.05, 0.1) is 12.0 Å². The molecule has 0 aliphatic carbocycles. The Morgan fingerprint density at radius 3 is 2.41 bits per heavy atom. The molecule has 0 N–H and O–H groups in total. The number of aryl methyl sites for hydroxylation is 1. The fourth-order valence-electron chi connectivity index (χ4n) is 4.31. The average Bonchev–Trinajstić information content (AvgIpc) is 3.20. The summed E-state index contributed by atoms with van der Waals surface area (Å²) in [6, 6.07) is 30.0. The number of hydrogen-bond donors (Lipinski definition) is 0. The molecule has 0 aromatic heterocycles. The van der Waals surface area contributed by atoms with Gasteiger partial charge in [-0.3, -0.25) is 14.5 Å². The Balaban J connectivity index is 1.23. The van der Waals surface area contributed by atoms with Gasteiger partial charge in [-0.05, 0) is 76.3 Å². The van der Waals surface area contributed by atoms with Gasteiger partial charge in [-0.15, -0.1) is 0 Å². The van der Waals surface area contributed by atoms with Crippen molar-refractivity contribution < 1.29 is 19.1 Å². The summed E-state index contributed by atoms with van der Waals surface area (Å²) < 4.78 is 11.6. The Bertz CT molecular complexity index is 1460. The van der Waals surface area contributed by atoms with E-state index in [0.29, 0.717) is 29.6 Å². The Hall–Kier alpha value is -4.03. The molecular weight excluding hydrogens is 482 g/mol. The third-order valence-corrected chi connectivity index (χ3v) is 7.16. The van der Waals surface area contributed by atoms with Crippen LogP contribution in [0.1, 0.15) is 23.1 Å². The van der Waals surface area contributed by atoms with E-state index in [2.05, 4.69) is 42.5 Å². The zero-order valence-corrected chi connectivity index (χ0v) is 21.4. The summed E-state index contributed by atoms with van der Waals surface area (Å²) in [5.74, 6) is 0.928. The van der Waals surface area contributed by atoms with E-state index in [1.807, 2.05) is 48.5 Å². The van der Waals surface area contributed by atoms with Crippen LogP contribution in [0.25, 0.3) is 16.8 Å². The minimum absolute atomic E-state index is 0.230. The molecule has 1 fully saturated rings. The number of rotatable bonds is 9. The van der Waals surface area contributed by atoms with Gasteiger partial charge in [-0.1, -0.05) is 72.8 Å². The third-order valence-electron chi connectivity index (χ3n) is 6.26. The zero-order valence-electron chi connectivity index (χ0n) is 20.6. The Morgan fingerprint density at radius 1 is 0.811 bits per heavy atom. The average molecular weight is 510 g/mol. The maximum Gasteiger partial charge on any atom is 0.293 e. The number of carbonyl (C=O) groups excluding carboxylic acids is 2. The van der Waals surface area contributed by atoms with Gasteiger partial charge < -0.3 is 9.47 Å². The molecule has 5 rings (SSSR count). The predicted molar refractivity (Wildman–Crippen MR) is 149 cm³/mol. The lowest BCUT2D eigenvalue weighted by molar-refractivity contribution is -0.122. The molecule has 1 aliphatic rings. The minimum atomic E-state index is -0.251. The van der Waals surface area contributed by atoms with Crippen LogP contribution in [0.15, 0.2) is 95.9 Å². The molecule has 2 amide bonds. The standard InChI is InChI=1S/C31H27NO4S/c1-35-28-19-23(14-16-27(28)36-21-24-13-15-25-11-5-6-12-26(25)18-24)20-29-30(33)32(31(34)37-29)17-7-10-22-8-3-2-4-9-22/h2-6,8-9,11-16,18-20H,7,10,17,21H2,1H3/b29-20+. The molecule has 1 heterocycles. The number of hydrogen-bond acceptors (Lipinski definition) is 5. The topological polar surface area (TPSA) is 55.8 Å². The van der Waals surface area contributed by atoms with E-state index < -0.39 is 0 Å². The smallest absolute Gasteiger partial charge is 0.293 e. The summed E-state index contributed by atoms with van der Waals surface area (Å²) in [5, 5.41) is 2.13. The van der Waals surface area contributed by atoms with E-state index >= 15 is 0 Å². The van der Waals surface area contributed by atoms with Gasteiger partial charge in [-0.25, -0.2) is 0 Å². The van der Waals surface area contributed by atoms with E-state index in [1.165, 1.54) is 21.2 Å². The summed E-state index contributed by atoms with van der Waals surface area (Å²) in [4.78, 5) is 27.1. The minimum Gasteiger partial charge on any atom is -0.493 e. The van der Waals surface area contributed by atoms with Crippen molar-refractivity contribution in [3.8, 4) is 11.5 Å². The number of methoxy groups -OCH3 is 1. The van der Waals surface area contributed by atoms with Crippen molar-refractivity contribution in [2.24, 2.45) is 0 Å². The fourth-order valence-corrected chi connectivity index (χ4v) is 5.18. The number of amides is 2. The highest BCUT2D eigenvalue weighted by Gasteiger charge is 2.34. The molecule has 0 saturated carbocycles. The Morgan fingerprint density at radius 2 is 1.59 bits per heavy atom. The molecule has 6 heteroatoms. The quantitative estimate of drug-likeness (QED) is 0.225. The molecule has 4 aromatic rings. The first kappa shape index (κ1) is 24.7. The number of thioether (sulfide) groups is 1. The number of benzene rings is 4. The van der Waals surface area contributed by atoms with Crippen molar-refractivity contribution in [1.82, 2.24) is 4.90 Å². The van der Waals surface area contributed by atoms with Crippen LogP contribution >= 0.6 is 11.8 Å². The molecule has 37 heavy (non-hydrogen) atoms. The molecule has 0 bridgehead atoms. The van der Waals surface area contributed by atoms with Crippen molar-refractivity contribution in [2.45, 2.75) is 19.4 Å². The molecule has 1 aliphatic heterocycles. The van der Waals surface area contributed by atoms with Crippen LogP contribution < -0.4 is 9.47 Å². The molecule has 186 valence electrons. The maximum absolute atomic E-state index is 12.9. The van der Waals surface area contributed by atoms with E-state index in [9.17, 15) is 9.59 Å². The van der Waals surface area contributed by atoms with E-state index in [-0.39, 0.29) is 11.1 Å². The molecular formula is C31H27NO4S. The van der Waals surface area contributed by atoms with Gasteiger partial charge in [0.1, 0.15) is 6.61 Å². The molecule has 5 nitrogen and oxygen atoms in total. The van der Waals surface area contributed by atoms with E-state index in [4.69, 9.17) is 9.47 Å². The second-order valence-corrected chi connectivity index (χ2v) is 9.80. The number of imide groups is 1. The first-order chi connectivity index (χ1) is 18.1. The number of fused-ring (bicyclic) bond motifs is 1. The van der Waals surface area contributed by atoms with Crippen LogP contribution in [-0.2, 0) is 17.8 Å². The molecule has 4 aromatic carbocycles. The van der Waals surface area contributed by atoms with Crippen LogP contribution in [0.3, 0.4) is 0 Å². The zero-order chi connectivity index (χ0) is 25.6. The van der Waals surface area contributed by atoms with Gasteiger partial charge in [0.25, 0.3) is 11.1 Å². The SMILES string of the molecule is COc1cc(/C=C2/SC(=O)N(CCCc3ccccc3)C2=O)ccc1OCc1ccc2ccccc2c1. The van der Waals surface area contributed by atoms with Crippen molar-refractivity contribution in [1.29, 1.82) is 0 Å². The lowest BCUT2D eigenvalue weighted by Gasteiger charge is -2.12. The first-order valence-corrected chi connectivity index (χ1v) is 13.0. The molecule has 0 atom stereocenters. The van der Waals surface area contributed by atoms with Crippen molar-refractivity contribution in [2.75, 3.05) is 13.7 Å². The number of ether oxygens (including phenoxy) is 2. The van der Waals surface area contributed by atoms with Gasteiger partial charge in [0, 0.05) is 6.54 Å². The number of carbonyl (C=O) groups is 2. The first-order valence-electron chi connectivity index (χ1n) is 12.2. The molecule has 0 unspecified atom stereocenters. The molecule has 1 saturated heterocycles. The molecule has 0 spiro atoms. The summed E-state index contributed by atoms with van der Waals surface area (Å²) in [6.07, 6.45) is 3.28. The highest BCUT2D eigenvalue weighted by molar-refractivity contribution is 8.18. The monoisotopic (exact) mass is 509 g/mol. The van der Waals surface area contributed by atoms with E-state index in [1.54, 1.807) is 13.2 Å². The summed E-state index contributed by atoms with van der Waals surface area (Å²) >= 11 is 0.975. The van der Waals surface area contributed by atoms with Crippen LogP contribution in [0.5, 0.6) is 11.5 Å². The fraction of sp³-hybridized carbons (Fsp3) is 0.161. The highest BCUT2D eigenvalue weighted by atomic mass is 32.2. The van der Waals surface area contributed by atoms with Gasteiger partial charge in [0.15, 0.2) is 11.5 Å². The predicted octanol–water partition coefficient (Wildman–Crippen LogP) is 7.10. The largest absolute Gasteiger partial charge is 0.493 e. The van der Waals surface area contributed by atoms with Crippen LogP contribution in [0.4, 0.5) is 4.79 Å². The Kier molecular flexibility index (Phi) is 7.57. The van der Waals surface area contributed by atoms with Crippen molar-refractivity contribution in [3.63, 3.8) is 0 Å². The van der Waals surface area contributed by atoms with E-state index in [0.717, 1.165) is 35.7 Å². The van der Waals surface area contributed by atoms with Gasteiger partial charge >= 0.3 is 0 Å². The summed E-state index contributed by atoms with van der Waals surface area (Å²) in [6.45, 7) is 0.810. The van der Waals surface area contributed by atoms with Gasteiger partial charge in [-0.2, -0.15) is 0 Å². The van der Waals surface area contributed by atoms with Crippen molar-refractivity contribution >= 4 is 39.8 Å². The summed E-state index contributed by atoms with van der Waals surface area (Å²) in [7, 11) is 1.59. The third kappa shape index (κ3) is 5.87. The summed E-state index contributed by atoms with van der Waals surface area (Å²) in [5.41, 5.74) is 3.02. The van der Waals surface area contributed by atoms with Gasteiger partial charge in [0.2, 0.25) is 0 Å². The lowest BCUT2D eigenvalue weighted by atomic mass is 10.1. The number of nitrogens with zero attached hydrogens (tertiary/aromatic N) is 1. The van der Waals surface area contributed by atoms with Crippen LogP contribution in [0.2, 0.25) is 0 Å². The van der Waals surface area contributed by atoms with Crippen molar-refractivity contribution in [3.05, 3.63) is 113 Å². The Labute approximate surface area is 220 Å². The normalized spacial score (nSPS) is 14.5. The second-order valence-electron chi connectivity index (χ2n) is 8.80. The van der Waals surface area contributed by atoms with Crippen LogP contribution in [-0.4, -0.2) is 29.7 Å². The van der Waals surface area contributed by atoms with Crippen LogP contribution in [0, 0.1) is 0 Å². The maximum atomic E-state index is 12.9. The second kappa shape index (κ2) is 11.4. The molecule has 0 radical (unpaired) electrons.